The van der Waals surface area contributed by atoms with Gasteiger partial charge in [-0.15, -0.1) is 0 Å². The van der Waals surface area contributed by atoms with Crippen molar-refractivity contribution in [2.24, 2.45) is 0 Å². The van der Waals surface area contributed by atoms with Crippen molar-refractivity contribution in [1.82, 2.24) is 0 Å². The fourth-order valence-corrected chi connectivity index (χ4v) is 4.83. The Bertz CT molecular complexity index is 1440. The molecule has 0 unspecified atom stereocenters. The van der Waals surface area contributed by atoms with Crippen molar-refractivity contribution in [2.75, 3.05) is 0 Å². The number of fused-ring (bicyclic) bond motifs is 4. The molecule has 0 heteroatoms. The highest BCUT2D eigenvalue weighted by atomic mass is 14.1. The van der Waals surface area contributed by atoms with Gasteiger partial charge in [0.25, 0.3) is 0 Å². The van der Waals surface area contributed by atoms with E-state index in [1.807, 2.05) is 41.5 Å². The molecular formula is C42H48. The molecule has 7 aromatic carbocycles. The molecule has 7 aromatic rings. The minimum Gasteiger partial charge on any atom is -0.0683 e. The molecule has 0 radical (unpaired) electrons. The van der Waals surface area contributed by atoms with Gasteiger partial charge in [0.15, 0.2) is 0 Å². The first-order valence-corrected chi connectivity index (χ1v) is 15.5. The van der Waals surface area contributed by atoms with E-state index in [1.165, 1.54) is 54.2 Å². The Morgan fingerprint density at radius 3 is 0.548 bits per heavy atom. The highest BCUT2D eigenvalue weighted by Gasteiger charge is 2.06. The lowest BCUT2D eigenvalue weighted by atomic mass is 9.93. The third-order valence-electron chi connectivity index (χ3n) is 6.79. The quantitative estimate of drug-likeness (QED) is 0.164. The van der Waals surface area contributed by atoms with E-state index in [-0.39, 0.29) is 0 Å². The van der Waals surface area contributed by atoms with Crippen LogP contribution in [0.5, 0.6) is 0 Å². The van der Waals surface area contributed by atoms with Crippen molar-refractivity contribution in [3.8, 4) is 0 Å². The molecule has 0 bridgehead atoms. The first kappa shape index (κ1) is 33.8. The second-order valence-electron chi connectivity index (χ2n) is 9.04. The van der Waals surface area contributed by atoms with Gasteiger partial charge in [0.2, 0.25) is 0 Å². The van der Waals surface area contributed by atoms with Gasteiger partial charge < -0.3 is 0 Å². The Hall–Kier alpha value is -4.42. The fourth-order valence-electron chi connectivity index (χ4n) is 4.83. The summed E-state index contributed by atoms with van der Waals surface area (Å²) in [4.78, 5) is 0. The molecule has 216 valence electrons. The molecule has 42 heavy (non-hydrogen) atoms. The normalized spacial score (nSPS) is 9.43. The molecule has 0 N–H and O–H groups in total. The van der Waals surface area contributed by atoms with Crippen LogP contribution in [0.4, 0.5) is 0 Å². The SMILES string of the molecule is CC.CC.CC.Cc1c2ccccc2c(C)c2ccccc12.c1ccc2ccccc2c1.c1ccc2ccccc2c1. The van der Waals surface area contributed by atoms with Crippen molar-refractivity contribution >= 4 is 43.1 Å². The minimum absolute atomic E-state index is 1.31. The molecule has 0 saturated heterocycles. The van der Waals surface area contributed by atoms with Crippen molar-refractivity contribution in [3.05, 3.63) is 157 Å². The van der Waals surface area contributed by atoms with Crippen LogP contribution in [0, 0.1) is 13.8 Å². The van der Waals surface area contributed by atoms with Crippen LogP contribution in [0.1, 0.15) is 52.7 Å². The lowest BCUT2D eigenvalue weighted by Crippen LogP contribution is -1.87. The van der Waals surface area contributed by atoms with Crippen LogP contribution < -0.4 is 0 Å². The predicted molar refractivity (Wildman–Crippen MR) is 193 cm³/mol. The molecule has 0 fully saturated rings. The lowest BCUT2D eigenvalue weighted by Gasteiger charge is -2.11. The summed E-state index contributed by atoms with van der Waals surface area (Å²) in [7, 11) is 0. The molecule has 0 amide bonds. The van der Waals surface area contributed by atoms with Crippen molar-refractivity contribution in [3.63, 3.8) is 0 Å². The van der Waals surface area contributed by atoms with Gasteiger partial charge in [-0.2, -0.15) is 0 Å². The Balaban J connectivity index is 0.000000209. The van der Waals surface area contributed by atoms with Crippen LogP contribution in [-0.2, 0) is 0 Å². The average molecular weight is 553 g/mol. The largest absolute Gasteiger partial charge is 0.0683 e. The maximum absolute atomic E-state index is 2.21. The number of aryl methyl sites for hydroxylation is 2. The molecule has 0 saturated carbocycles. The number of hydrogen-bond donors (Lipinski definition) is 0. The summed E-state index contributed by atoms with van der Waals surface area (Å²) in [5, 5.41) is 10.7. The summed E-state index contributed by atoms with van der Waals surface area (Å²) in [5.41, 5.74) is 2.77. The van der Waals surface area contributed by atoms with Gasteiger partial charge in [-0.25, -0.2) is 0 Å². The van der Waals surface area contributed by atoms with Crippen molar-refractivity contribution in [1.29, 1.82) is 0 Å². The van der Waals surface area contributed by atoms with Crippen LogP contribution in [0.3, 0.4) is 0 Å². The van der Waals surface area contributed by atoms with Crippen molar-refractivity contribution < 1.29 is 0 Å². The first-order chi connectivity index (χ1) is 20.7. The van der Waals surface area contributed by atoms with Gasteiger partial charge in [0.05, 0.1) is 0 Å². The third-order valence-corrected chi connectivity index (χ3v) is 6.79. The zero-order chi connectivity index (χ0) is 30.7. The number of benzene rings is 7. The zero-order valence-electron chi connectivity index (χ0n) is 26.9. The number of rotatable bonds is 0. The van der Waals surface area contributed by atoms with Crippen LogP contribution in [-0.4, -0.2) is 0 Å². The predicted octanol–water partition coefficient (Wildman–Crippen LogP) is 13.4. The van der Waals surface area contributed by atoms with Gasteiger partial charge in [-0.1, -0.05) is 187 Å². The van der Waals surface area contributed by atoms with Gasteiger partial charge >= 0.3 is 0 Å². The molecule has 0 aliphatic rings. The highest BCUT2D eigenvalue weighted by molar-refractivity contribution is 6.05. The molecule has 0 heterocycles. The summed E-state index contributed by atoms with van der Waals surface area (Å²) in [5.74, 6) is 0. The van der Waals surface area contributed by atoms with E-state index in [0.717, 1.165) is 0 Å². The van der Waals surface area contributed by atoms with E-state index in [1.54, 1.807) is 0 Å². The maximum Gasteiger partial charge on any atom is -0.0146 e. The summed E-state index contributed by atoms with van der Waals surface area (Å²) in [6.45, 7) is 16.4. The molecular weight excluding hydrogens is 504 g/mol. The standard InChI is InChI=1S/C16H14.2C10H8.3C2H6/c1-11-13-7-3-5-9-15(13)12(2)16-10-6-4-8-14(11)16;2*1-2-6-10-8-4-3-7-9(10)5-1;3*1-2/h3-10H,1-2H3;2*1-8H;3*1-2H3. The van der Waals surface area contributed by atoms with E-state index in [0.29, 0.717) is 0 Å². The van der Waals surface area contributed by atoms with E-state index in [4.69, 9.17) is 0 Å². The Morgan fingerprint density at radius 2 is 0.381 bits per heavy atom. The smallest absolute Gasteiger partial charge is 0.0146 e. The van der Waals surface area contributed by atoms with Gasteiger partial charge in [-0.05, 0) is 68.1 Å². The summed E-state index contributed by atoms with van der Waals surface area (Å²) in [6, 6.07) is 50.7. The Labute approximate surface area is 254 Å². The first-order valence-electron chi connectivity index (χ1n) is 15.5. The summed E-state index contributed by atoms with van der Waals surface area (Å²) < 4.78 is 0. The number of hydrogen-bond acceptors (Lipinski definition) is 0. The monoisotopic (exact) mass is 552 g/mol. The van der Waals surface area contributed by atoms with E-state index < -0.39 is 0 Å². The van der Waals surface area contributed by atoms with Gasteiger partial charge in [0.1, 0.15) is 0 Å². The summed E-state index contributed by atoms with van der Waals surface area (Å²) in [6.07, 6.45) is 0. The molecule has 7 rings (SSSR count). The topological polar surface area (TPSA) is 0 Å². The van der Waals surface area contributed by atoms with Crippen LogP contribution in [0.15, 0.2) is 146 Å². The zero-order valence-corrected chi connectivity index (χ0v) is 26.9. The van der Waals surface area contributed by atoms with Crippen molar-refractivity contribution in [2.45, 2.75) is 55.4 Å². The van der Waals surface area contributed by atoms with Gasteiger partial charge in [-0.3, -0.25) is 0 Å². The highest BCUT2D eigenvalue weighted by Crippen LogP contribution is 2.31. The molecule has 0 nitrogen and oxygen atoms in total. The minimum atomic E-state index is 1.31. The fraction of sp³-hybridized carbons (Fsp3) is 0.190. The molecule has 0 aromatic heterocycles. The van der Waals surface area contributed by atoms with E-state index in [2.05, 4.69) is 159 Å². The molecule has 0 aliphatic carbocycles. The lowest BCUT2D eigenvalue weighted by molar-refractivity contribution is 1.50. The summed E-state index contributed by atoms with van der Waals surface area (Å²) >= 11 is 0. The van der Waals surface area contributed by atoms with Crippen LogP contribution in [0.2, 0.25) is 0 Å². The second-order valence-corrected chi connectivity index (χ2v) is 9.04. The Morgan fingerprint density at radius 1 is 0.238 bits per heavy atom. The molecule has 0 aliphatic heterocycles. The van der Waals surface area contributed by atoms with E-state index >= 15 is 0 Å². The maximum atomic E-state index is 2.21. The molecule has 0 spiro atoms. The van der Waals surface area contributed by atoms with Crippen LogP contribution >= 0.6 is 0 Å². The second kappa shape index (κ2) is 18.8. The van der Waals surface area contributed by atoms with Gasteiger partial charge in [0, 0.05) is 0 Å². The van der Waals surface area contributed by atoms with Crippen LogP contribution in [0.25, 0.3) is 43.1 Å². The average Bonchev–Trinajstić information content (AvgIpc) is 3.10. The third kappa shape index (κ3) is 8.79. The molecule has 0 atom stereocenters. The van der Waals surface area contributed by atoms with E-state index in [9.17, 15) is 0 Å². The Kier molecular flexibility index (Phi) is 15.2.